The normalized spacial score (nSPS) is 10.6. The lowest BCUT2D eigenvalue weighted by atomic mass is 10.2. The van der Waals surface area contributed by atoms with Crippen molar-refractivity contribution in [3.8, 4) is 11.4 Å². The molecule has 3 aromatic rings. The summed E-state index contributed by atoms with van der Waals surface area (Å²) in [5.41, 5.74) is 2.94. The van der Waals surface area contributed by atoms with Crippen molar-refractivity contribution < 1.29 is 0 Å². The molecule has 0 saturated heterocycles. The van der Waals surface area contributed by atoms with Gasteiger partial charge in [-0.3, -0.25) is 4.98 Å². The third-order valence-electron chi connectivity index (χ3n) is 3.00. The Morgan fingerprint density at radius 1 is 1.24 bits per heavy atom. The number of nitrogens with zero attached hydrogens (tertiary/aromatic N) is 5. The van der Waals surface area contributed by atoms with Crippen molar-refractivity contribution in [2.75, 3.05) is 5.32 Å². The Labute approximate surface area is 130 Å². The Morgan fingerprint density at radius 3 is 2.86 bits per heavy atom. The van der Waals surface area contributed by atoms with Gasteiger partial charge >= 0.3 is 0 Å². The molecule has 0 saturated carbocycles. The summed E-state index contributed by atoms with van der Waals surface area (Å²) in [6, 6.07) is 11.9. The van der Waals surface area contributed by atoms with E-state index in [0.29, 0.717) is 6.54 Å². The molecule has 106 valence electrons. The van der Waals surface area contributed by atoms with Crippen LogP contribution in [0.4, 0.5) is 5.69 Å². The second-order valence-electron chi connectivity index (χ2n) is 4.53. The van der Waals surface area contributed by atoms with Crippen LogP contribution in [0.1, 0.15) is 5.69 Å². The van der Waals surface area contributed by atoms with Crippen molar-refractivity contribution in [2.45, 2.75) is 6.54 Å². The molecule has 0 amide bonds. The van der Waals surface area contributed by atoms with E-state index in [1.54, 1.807) is 10.9 Å². The highest BCUT2D eigenvalue weighted by atomic mass is 79.9. The Hall–Kier alpha value is -2.28. The molecule has 7 heteroatoms. The summed E-state index contributed by atoms with van der Waals surface area (Å²) in [4.78, 5) is 4.33. The summed E-state index contributed by atoms with van der Waals surface area (Å²) in [7, 11) is 1.82. The summed E-state index contributed by atoms with van der Waals surface area (Å²) in [6.07, 6.45) is 1.79. The summed E-state index contributed by atoms with van der Waals surface area (Å²) in [5, 5.41) is 14.9. The van der Waals surface area contributed by atoms with E-state index >= 15 is 0 Å². The number of hydrogen-bond acceptors (Lipinski definition) is 5. The molecule has 2 heterocycles. The molecule has 1 aromatic carbocycles. The minimum absolute atomic E-state index is 0.661. The SMILES string of the molecule is Cn1nnnc1-c1cccc(NCc2ccc(Br)cn2)c1. The lowest BCUT2D eigenvalue weighted by Crippen LogP contribution is -2.02. The minimum Gasteiger partial charge on any atom is -0.379 e. The van der Waals surface area contributed by atoms with Gasteiger partial charge in [-0.1, -0.05) is 12.1 Å². The van der Waals surface area contributed by atoms with Crippen LogP contribution in [-0.4, -0.2) is 25.2 Å². The molecule has 0 unspecified atom stereocenters. The van der Waals surface area contributed by atoms with E-state index in [2.05, 4.69) is 41.8 Å². The van der Waals surface area contributed by atoms with Crippen molar-refractivity contribution in [3.63, 3.8) is 0 Å². The predicted octanol–water partition coefficient (Wildman–Crippen LogP) is 2.65. The Kier molecular flexibility index (Phi) is 3.92. The summed E-state index contributed by atoms with van der Waals surface area (Å²) in [6.45, 7) is 0.661. The zero-order chi connectivity index (χ0) is 14.7. The van der Waals surface area contributed by atoms with Gasteiger partial charge in [-0.15, -0.1) is 5.10 Å². The van der Waals surface area contributed by atoms with Gasteiger partial charge in [0.25, 0.3) is 0 Å². The van der Waals surface area contributed by atoms with Crippen LogP contribution in [0.3, 0.4) is 0 Å². The van der Waals surface area contributed by atoms with E-state index in [1.165, 1.54) is 0 Å². The van der Waals surface area contributed by atoms with Gasteiger partial charge in [0.15, 0.2) is 5.82 Å². The molecular formula is C14H13BrN6. The van der Waals surface area contributed by atoms with Crippen molar-refractivity contribution in [1.29, 1.82) is 0 Å². The summed E-state index contributed by atoms with van der Waals surface area (Å²) < 4.78 is 2.62. The van der Waals surface area contributed by atoms with E-state index in [4.69, 9.17) is 0 Å². The highest BCUT2D eigenvalue weighted by Crippen LogP contribution is 2.20. The van der Waals surface area contributed by atoms with Crippen LogP contribution in [0.15, 0.2) is 47.1 Å². The quantitative estimate of drug-likeness (QED) is 0.787. The molecule has 3 rings (SSSR count). The van der Waals surface area contributed by atoms with Crippen LogP contribution in [0.2, 0.25) is 0 Å². The second kappa shape index (κ2) is 6.01. The number of pyridine rings is 1. The zero-order valence-corrected chi connectivity index (χ0v) is 12.9. The molecule has 0 aliphatic carbocycles. The third kappa shape index (κ3) is 3.25. The molecule has 0 radical (unpaired) electrons. The number of nitrogens with one attached hydrogen (secondary N) is 1. The van der Waals surface area contributed by atoms with Gasteiger partial charge in [-0.25, -0.2) is 4.68 Å². The molecule has 1 N–H and O–H groups in total. The van der Waals surface area contributed by atoms with Crippen molar-refractivity contribution in [2.24, 2.45) is 7.05 Å². The zero-order valence-electron chi connectivity index (χ0n) is 11.4. The molecule has 6 nitrogen and oxygen atoms in total. The molecule has 0 atom stereocenters. The molecular weight excluding hydrogens is 332 g/mol. The van der Waals surface area contributed by atoms with Gasteiger partial charge in [0.05, 0.1) is 12.2 Å². The van der Waals surface area contributed by atoms with Gasteiger partial charge in [0, 0.05) is 29.0 Å². The molecule has 0 aliphatic heterocycles. The minimum atomic E-state index is 0.661. The van der Waals surface area contributed by atoms with Gasteiger partial charge in [-0.2, -0.15) is 0 Å². The predicted molar refractivity (Wildman–Crippen MR) is 83.5 cm³/mol. The topological polar surface area (TPSA) is 68.5 Å². The number of tetrazole rings is 1. The van der Waals surface area contributed by atoms with E-state index in [9.17, 15) is 0 Å². The molecule has 0 bridgehead atoms. The van der Waals surface area contributed by atoms with Crippen molar-refractivity contribution >= 4 is 21.6 Å². The average molecular weight is 345 g/mol. The molecule has 0 fully saturated rings. The number of hydrogen-bond donors (Lipinski definition) is 1. The fraction of sp³-hybridized carbons (Fsp3) is 0.143. The monoisotopic (exact) mass is 344 g/mol. The van der Waals surface area contributed by atoms with Gasteiger partial charge in [0.1, 0.15) is 0 Å². The van der Waals surface area contributed by atoms with Crippen LogP contribution >= 0.6 is 15.9 Å². The number of aryl methyl sites for hydroxylation is 1. The number of rotatable bonds is 4. The van der Waals surface area contributed by atoms with Crippen LogP contribution in [0.5, 0.6) is 0 Å². The maximum absolute atomic E-state index is 4.33. The first-order valence-corrected chi connectivity index (χ1v) is 7.19. The molecule has 0 aliphatic rings. The van der Waals surface area contributed by atoms with Crippen LogP contribution in [0, 0.1) is 0 Å². The average Bonchev–Trinajstić information content (AvgIpc) is 2.93. The maximum Gasteiger partial charge on any atom is 0.181 e. The first-order valence-electron chi connectivity index (χ1n) is 6.39. The fourth-order valence-electron chi connectivity index (χ4n) is 1.95. The first kappa shape index (κ1) is 13.7. The fourth-order valence-corrected chi connectivity index (χ4v) is 2.18. The second-order valence-corrected chi connectivity index (χ2v) is 5.44. The number of halogens is 1. The van der Waals surface area contributed by atoms with Gasteiger partial charge in [-0.05, 0) is 50.6 Å². The van der Waals surface area contributed by atoms with E-state index < -0.39 is 0 Å². The van der Waals surface area contributed by atoms with Gasteiger partial charge in [0.2, 0.25) is 0 Å². The van der Waals surface area contributed by atoms with Crippen LogP contribution < -0.4 is 5.32 Å². The van der Waals surface area contributed by atoms with Crippen molar-refractivity contribution in [3.05, 3.63) is 52.8 Å². The lowest BCUT2D eigenvalue weighted by molar-refractivity contribution is 0.714. The summed E-state index contributed by atoms with van der Waals surface area (Å²) in [5.74, 6) is 0.736. The first-order chi connectivity index (χ1) is 10.2. The molecule has 21 heavy (non-hydrogen) atoms. The highest BCUT2D eigenvalue weighted by molar-refractivity contribution is 9.10. The Bertz CT molecular complexity index is 737. The highest BCUT2D eigenvalue weighted by Gasteiger charge is 2.06. The Balaban J connectivity index is 1.74. The van der Waals surface area contributed by atoms with E-state index in [0.717, 1.165) is 27.2 Å². The number of anilines is 1. The number of aromatic nitrogens is 5. The maximum atomic E-state index is 4.33. The van der Waals surface area contributed by atoms with Gasteiger partial charge < -0.3 is 5.32 Å². The van der Waals surface area contributed by atoms with Crippen LogP contribution in [-0.2, 0) is 13.6 Å². The van der Waals surface area contributed by atoms with Crippen LogP contribution in [0.25, 0.3) is 11.4 Å². The molecule has 0 spiro atoms. The largest absolute Gasteiger partial charge is 0.379 e. The van der Waals surface area contributed by atoms with Crippen molar-refractivity contribution in [1.82, 2.24) is 25.2 Å². The smallest absolute Gasteiger partial charge is 0.181 e. The lowest BCUT2D eigenvalue weighted by Gasteiger charge is -2.07. The molecule has 2 aromatic heterocycles. The standard InChI is InChI=1S/C14H13BrN6/c1-21-14(18-19-20-21)10-3-2-4-12(7-10)17-9-13-6-5-11(15)8-16-13/h2-8,17H,9H2,1H3. The number of benzene rings is 1. The summed E-state index contributed by atoms with van der Waals surface area (Å²) >= 11 is 3.38. The van der Waals surface area contributed by atoms with E-state index in [-0.39, 0.29) is 0 Å². The Morgan fingerprint density at radius 2 is 2.14 bits per heavy atom. The third-order valence-corrected chi connectivity index (χ3v) is 3.47. The van der Waals surface area contributed by atoms with E-state index in [1.807, 2.05) is 43.4 Å².